The molecule has 27 heavy (non-hydrogen) atoms. The number of nitrogens with one attached hydrogen (secondary N) is 2. The number of hydrazine groups is 1. The van der Waals surface area contributed by atoms with Crippen LogP contribution in [0.25, 0.3) is 0 Å². The second kappa shape index (κ2) is 11.1. The van der Waals surface area contributed by atoms with Crippen molar-refractivity contribution in [1.82, 2.24) is 10.4 Å². The van der Waals surface area contributed by atoms with E-state index in [1.165, 1.54) is 32.1 Å². The predicted octanol–water partition coefficient (Wildman–Crippen LogP) is 4.21. The second-order valence-electron chi connectivity index (χ2n) is 6.56. The number of unbranched alkanes of at least 4 members (excludes halogenated alkanes) is 5. The highest BCUT2D eigenvalue weighted by atomic mass is 16.2. The summed E-state index contributed by atoms with van der Waals surface area (Å²) in [7, 11) is 0. The number of carbonyl (C=O) groups is 2. The number of nitrogens with two attached hydrogens (primary N) is 1. The zero-order valence-electron chi connectivity index (χ0n) is 15.8. The third-order valence-electron chi connectivity index (χ3n) is 4.47. The van der Waals surface area contributed by atoms with Crippen molar-refractivity contribution < 1.29 is 9.59 Å². The lowest BCUT2D eigenvalue weighted by atomic mass is 9.97. The van der Waals surface area contributed by atoms with E-state index in [1.54, 1.807) is 30.6 Å². The molecule has 0 atom stereocenters. The third-order valence-corrected chi connectivity index (χ3v) is 4.47. The Labute approximate surface area is 160 Å². The molecule has 0 spiro atoms. The molecule has 0 aliphatic carbocycles. The van der Waals surface area contributed by atoms with Gasteiger partial charge in [-0.15, -0.1) is 0 Å². The molecule has 0 unspecified atom stereocenters. The summed E-state index contributed by atoms with van der Waals surface area (Å²) in [5.74, 6) is 4.99. The summed E-state index contributed by atoms with van der Waals surface area (Å²) in [5.41, 5.74) is 4.52. The first-order valence-corrected chi connectivity index (χ1v) is 9.51. The first-order chi connectivity index (χ1) is 13.2. The molecule has 2 aromatic rings. The van der Waals surface area contributed by atoms with Gasteiger partial charge in [0.05, 0.1) is 5.69 Å². The maximum absolute atomic E-state index is 12.9. The second-order valence-corrected chi connectivity index (χ2v) is 6.56. The Morgan fingerprint density at radius 1 is 1.00 bits per heavy atom. The van der Waals surface area contributed by atoms with Crippen LogP contribution < -0.4 is 16.6 Å². The van der Waals surface area contributed by atoms with Gasteiger partial charge >= 0.3 is 6.03 Å². The van der Waals surface area contributed by atoms with Crippen molar-refractivity contribution in [2.75, 3.05) is 5.32 Å². The molecule has 144 valence electrons. The number of pyridine rings is 1. The van der Waals surface area contributed by atoms with E-state index in [9.17, 15) is 9.59 Å². The van der Waals surface area contributed by atoms with E-state index in [0.29, 0.717) is 16.8 Å². The van der Waals surface area contributed by atoms with Gasteiger partial charge in [0, 0.05) is 23.5 Å². The number of hydrogen-bond acceptors (Lipinski definition) is 4. The number of rotatable bonds is 10. The molecule has 6 heteroatoms. The molecule has 2 rings (SSSR count). The Kier molecular flexibility index (Phi) is 8.45. The molecule has 0 saturated carbocycles. The van der Waals surface area contributed by atoms with E-state index in [2.05, 4.69) is 17.2 Å². The van der Waals surface area contributed by atoms with Crippen molar-refractivity contribution in [3.05, 3.63) is 59.4 Å². The zero-order valence-corrected chi connectivity index (χ0v) is 15.8. The van der Waals surface area contributed by atoms with E-state index in [4.69, 9.17) is 5.84 Å². The standard InChI is InChI=1S/C21H28N4O2/c1-2-3-4-5-6-7-8-16-9-10-19(24-21(27)25-22)18(15-16)20(26)17-11-13-23-14-12-17/h9-15H,2-8,22H2,1H3,(H2,24,25,27). The largest absolute Gasteiger partial charge is 0.333 e. The topological polar surface area (TPSA) is 97.1 Å². The van der Waals surface area contributed by atoms with Gasteiger partial charge in [-0.25, -0.2) is 10.6 Å². The number of ketones is 1. The van der Waals surface area contributed by atoms with Crippen LogP contribution in [-0.2, 0) is 6.42 Å². The number of carbonyl (C=O) groups excluding carboxylic acids is 2. The van der Waals surface area contributed by atoms with E-state index in [1.807, 2.05) is 17.6 Å². The minimum atomic E-state index is -0.567. The van der Waals surface area contributed by atoms with Crippen LogP contribution in [0.3, 0.4) is 0 Å². The number of aromatic nitrogens is 1. The summed E-state index contributed by atoms with van der Waals surface area (Å²) in [6.45, 7) is 2.21. The Balaban J connectivity index is 2.14. The molecule has 0 fully saturated rings. The molecule has 2 amide bonds. The number of anilines is 1. The third kappa shape index (κ3) is 6.49. The average Bonchev–Trinajstić information content (AvgIpc) is 2.71. The lowest BCUT2D eigenvalue weighted by molar-refractivity contribution is 0.103. The van der Waals surface area contributed by atoms with Crippen molar-refractivity contribution >= 4 is 17.5 Å². The van der Waals surface area contributed by atoms with Crippen molar-refractivity contribution in [2.45, 2.75) is 51.9 Å². The van der Waals surface area contributed by atoms with Gasteiger partial charge in [0.25, 0.3) is 0 Å². The Bertz CT molecular complexity index is 747. The molecule has 1 aromatic heterocycles. The fourth-order valence-corrected chi connectivity index (χ4v) is 2.97. The molecular formula is C21H28N4O2. The van der Waals surface area contributed by atoms with Crippen molar-refractivity contribution in [3.8, 4) is 0 Å². The number of urea groups is 1. The van der Waals surface area contributed by atoms with Gasteiger partial charge in [0.2, 0.25) is 0 Å². The highest BCUT2D eigenvalue weighted by Crippen LogP contribution is 2.22. The van der Waals surface area contributed by atoms with Crippen LogP contribution in [0.1, 0.15) is 66.9 Å². The maximum atomic E-state index is 12.9. The lowest BCUT2D eigenvalue weighted by Crippen LogP contribution is -2.34. The molecule has 0 aliphatic rings. The van der Waals surface area contributed by atoms with E-state index >= 15 is 0 Å². The van der Waals surface area contributed by atoms with Gasteiger partial charge in [-0.05, 0) is 42.7 Å². The summed E-state index contributed by atoms with van der Waals surface area (Å²) in [6.07, 6.45) is 11.4. The van der Waals surface area contributed by atoms with Crippen LogP contribution in [-0.4, -0.2) is 16.8 Å². The molecule has 0 bridgehead atoms. The summed E-state index contributed by atoms with van der Waals surface area (Å²) in [6, 6.07) is 8.33. The normalized spacial score (nSPS) is 10.4. The number of aryl methyl sites for hydroxylation is 1. The van der Waals surface area contributed by atoms with Crippen molar-refractivity contribution in [3.63, 3.8) is 0 Å². The van der Waals surface area contributed by atoms with E-state index < -0.39 is 6.03 Å². The highest BCUT2D eigenvalue weighted by molar-refractivity contribution is 6.13. The van der Waals surface area contributed by atoms with Gasteiger partial charge in [-0.2, -0.15) is 0 Å². The van der Waals surface area contributed by atoms with Crippen LogP contribution in [0.4, 0.5) is 10.5 Å². The number of nitrogens with zero attached hydrogens (tertiary/aromatic N) is 1. The summed E-state index contributed by atoms with van der Waals surface area (Å²) >= 11 is 0. The molecule has 1 heterocycles. The van der Waals surface area contributed by atoms with Gasteiger partial charge in [-0.3, -0.25) is 15.2 Å². The summed E-state index contributed by atoms with van der Waals surface area (Å²) in [4.78, 5) is 28.5. The zero-order chi connectivity index (χ0) is 19.5. The van der Waals surface area contributed by atoms with E-state index in [-0.39, 0.29) is 5.78 Å². The molecule has 6 nitrogen and oxygen atoms in total. The fourth-order valence-electron chi connectivity index (χ4n) is 2.97. The van der Waals surface area contributed by atoms with E-state index in [0.717, 1.165) is 18.4 Å². The minimum absolute atomic E-state index is 0.158. The van der Waals surface area contributed by atoms with Crippen molar-refractivity contribution in [1.29, 1.82) is 0 Å². The van der Waals surface area contributed by atoms with Crippen molar-refractivity contribution in [2.24, 2.45) is 5.84 Å². The van der Waals surface area contributed by atoms with Gasteiger partial charge < -0.3 is 5.32 Å². The maximum Gasteiger partial charge on any atom is 0.333 e. The number of amides is 2. The van der Waals surface area contributed by atoms with Crippen LogP contribution >= 0.6 is 0 Å². The Morgan fingerprint density at radius 2 is 1.70 bits per heavy atom. The van der Waals surface area contributed by atoms with Crippen LogP contribution in [0, 0.1) is 0 Å². The highest BCUT2D eigenvalue weighted by Gasteiger charge is 2.16. The molecule has 1 aromatic carbocycles. The minimum Gasteiger partial charge on any atom is -0.306 e. The van der Waals surface area contributed by atoms with Crippen LogP contribution in [0.5, 0.6) is 0 Å². The molecule has 0 saturated heterocycles. The Morgan fingerprint density at radius 3 is 2.41 bits per heavy atom. The van der Waals surface area contributed by atoms with Gasteiger partial charge in [-0.1, -0.05) is 45.1 Å². The smallest absolute Gasteiger partial charge is 0.306 e. The SMILES string of the molecule is CCCCCCCCc1ccc(NC(=O)NN)c(C(=O)c2ccncc2)c1. The number of benzene rings is 1. The van der Waals surface area contributed by atoms with Crippen LogP contribution in [0.2, 0.25) is 0 Å². The molecule has 0 aliphatic heterocycles. The average molecular weight is 368 g/mol. The summed E-state index contributed by atoms with van der Waals surface area (Å²) < 4.78 is 0. The molecule has 0 radical (unpaired) electrons. The molecular weight excluding hydrogens is 340 g/mol. The quantitative estimate of drug-likeness (QED) is 0.192. The monoisotopic (exact) mass is 368 g/mol. The first-order valence-electron chi connectivity index (χ1n) is 9.51. The predicted molar refractivity (Wildman–Crippen MR) is 108 cm³/mol. The molecule has 4 N–H and O–H groups in total. The van der Waals surface area contributed by atoms with Gasteiger partial charge in [0.1, 0.15) is 0 Å². The number of hydrogen-bond donors (Lipinski definition) is 3. The fraction of sp³-hybridized carbons (Fsp3) is 0.381. The first kappa shape index (κ1) is 20.6. The lowest BCUT2D eigenvalue weighted by Gasteiger charge is -2.12. The van der Waals surface area contributed by atoms with Gasteiger partial charge in [0.15, 0.2) is 5.78 Å². The summed E-state index contributed by atoms with van der Waals surface area (Å²) in [5, 5.41) is 2.62. The Hall–Kier alpha value is -2.73. The van der Waals surface area contributed by atoms with Crippen LogP contribution in [0.15, 0.2) is 42.7 Å².